The van der Waals surface area contributed by atoms with Crippen LogP contribution in [0.15, 0.2) is 24.3 Å². The van der Waals surface area contributed by atoms with Crippen LogP contribution in [-0.2, 0) is 70.7 Å². The summed E-state index contributed by atoms with van der Waals surface area (Å²) in [5, 5.41) is 102. The van der Waals surface area contributed by atoms with Crippen LogP contribution < -0.4 is 0 Å². The summed E-state index contributed by atoms with van der Waals surface area (Å²) in [5.74, 6) is -2.30. The first kappa shape index (κ1) is 107. The maximum absolute atomic E-state index is 14.9. The number of carbonyl (C=O) groups excluding carboxylic acids is 4. The molecule has 0 radical (unpaired) electrons. The first-order valence-corrected chi connectivity index (χ1v) is 48.0. The summed E-state index contributed by atoms with van der Waals surface area (Å²) >= 11 is 0. The van der Waals surface area contributed by atoms with E-state index in [1.807, 2.05) is 0 Å². The molecule has 0 bridgehead atoms. The maximum Gasteiger partial charge on any atom is 0.472 e. The number of rotatable bonds is 74. The van der Waals surface area contributed by atoms with Crippen molar-refractivity contribution in [2.75, 3.05) is 26.4 Å². The number of hydrogen-bond acceptors (Lipinski definition) is 24. The Kier molecular flexibility index (Phi) is 63.2. The summed E-state index contributed by atoms with van der Waals surface area (Å²) in [7, 11) is -5.81. The summed E-state index contributed by atoms with van der Waals surface area (Å²) in [4.78, 5) is 66.4. The van der Waals surface area contributed by atoms with E-state index in [4.69, 9.17) is 46.9 Å². The fourth-order valence-electron chi connectivity index (χ4n) is 15.3. The van der Waals surface area contributed by atoms with Crippen LogP contribution in [0.25, 0.3) is 0 Å². The van der Waals surface area contributed by atoms with E-state index in [2.05, 4.69) is 58.9 Å². The van der Waals surface area contributed by atoms with Crippen molar-refractivity contribution in [2.24, 2.45) is 5.92 Å². The third-order valence-electron chi connectivity index (χ3n) is 22.8. The minimum absolute atomic E-state index is 0.0137. The highest BCUT2D eigenvalue weighted by atomic mass is 31.2. The summed E-state index contributed by atoms with van der Waals surface area (Å²) in [5.41, 5.74) is 0. The third-order valence-corrected chi connectivity index (χ3v) is 23.8. The van der Waals surface area contributed by atoms with Crippen molar-refractivity contribution >= 4 is 31.7 Å². The van der Waals surface area contributed by atoms with Gasteiger partial charge in [-0.2, -0.15) is 0 Å². The Morgan fingerprint density at radius 3 is 1.13 bits per heavy atom. The molecule has 0 spiro atoms. The lowest BCUT2D eigenvalue weighted by atomic mass is 9.84. The van der Waals surface area contributed by atoms with Gasteiger partial charge in [-0.15, -0.1) is 0 Å². The van der Waals surface area contributed by atoms with Crippen LogP contribution in [0.1, 0.15) is 388 Å². The Hall–Kier alpha value is -3.05. The molecule has 2 saturated heterocycles. The zero-order valence-electron chi connectivity index (χ0n) is 72.5. The molecule has 0 aromatic heterocycles. The van der Waals surface area contributed by atoms with E-state index in [9.17, 15) is 74.6 Å². The first-order chi connectivity index (χ1) is 56.1. The van der Waals surface area contributed by atoms with Crippen LogP contribution in [0.2, 0.25) is 0 Å². The van der Waals surface area contributed by atoms with Crippen molar-refractivity contribution in [3.63, 3.8) is 0 Å². The maximum atomic E-state index is 14.9. The van der Waals surface area contributed by atoms with Gasteiger partial charge in [-0.05, 0) is 83.0 Å². The number of allylic oxidation sites excluding steroid dienone is 4. The molecule has 3 aliphatic rings. The second-order valence-electron chi connectivity index (χ2n) is 33.4. The van der Waals surface area contributed by atoms with Gasteiger partial charge in [0.15, 0.2) is 24.8 Å². The number of phosphoric acid groups is 1. The molecule has 1 saturated carbocycles. The minimum Gasteiger partial charge on any atom is -0.463 e. The van der Waals surface area contributed by atoms with E-state index in [1.165, 1.54) is 154 Å². The zero-order valence-corrected chi connectivity index (χ0v) is 73.4. The van der Waals surface area contributed by atoms with Crippen LogP contribution in [0.5, 0.6) is 0 Å². The number of phosphoric ester groups is 1. The van der Waals surface area contributed by atoms with Gasteiger partial charge in [0.2, 0.25) is 0 Å². The topological polar surface area (TPSA) is 380 Å². The molecule has 1 aliphatic carbocycles. The molecule has 0 aromatic carbocycles. The monoisotopic (exact) mass is 1680 g/mol. The highest BCUT2D eigenvalue weighted by molar-refractivity contribution is 7.47. The van der Waals surface area contributed by atoms with Gasteiger partial charge in [-0.25, -0.2) is 4.57 Å². The molecule has 3 fully saturated rings. The van der Waals surface area contributed by atoms with Gasteiger partial charge in [-0.3, -0.25) is 28.2 Å². The van der Waals surface area contributed by atoms with E-state index in [-0.39, 0.29) is 25.7 Å². The molecule has 3 rings (SSSR count). The first-order valence-electron chi connectivity index (χ1n) is 46.5. The van der Waals surface area contributed by atoms with E-state index in [0.29, 0.717) is 38.0 Å². The average Bonchev–Trinajstić information content (AvgIpc) is 0.754. The normalized spacial score (nSPS) is 25.5. The number of aliphatic hydroxyl groups is 9. The lowest BCUT2D eigenvalue weighted by molar-refractivity contribution is -0.360. The highest BCUT2D eigenvalue weighted by Gasteiger charge is 2.60. The van der Waals surface area contributed by atoms with Gasteiger partial charge < -0.3 is 88.7 Å². The fourth-order valence-corrected chi connectivity index (χ4v) is 16.3. The van der Waals surface area contributed by atoms with E-state index < -0.39 is 162 Å². The fraction of sp³-hybridized carbons (Fsp3) is 0.911. The summed E-state index contributed by atoms with van der Waals surface area (Å²) in [6.07, 6.45) is 26.2. The van der Waals surface area contributed by atoms with Crippen molar-refractivity contribution < 1.29 is 122 Å². The van der Waals surface area contributed by atoms with Crippen molar-refractivity contribution in [2.45, 2.75) is 492 Å². The average molecular weight is 1680 g/mol. The quantitative estimate of drug-likeness (QED) is 0.00889. The highest BCUT2D eigenvalue weighted by Crippen LogP contribution is 2.49. The Bertz CT molecular complexity index is 2530. The van der Waals surface area contributed by atoms with Gasteiger partial charge in [0.1, 0.15) is 92.6 Å². The molecular weight excluding hydrogens is 1510 g/mol. The number of hydrogen-bond donors (Lipinski definition) is 10. The lowest BCUT2D eigenvalue weighted by Crippen LogP contribution is -2.70. The molecule has 25 nitrogen and oxygen atoms in total. The second-order valence-corrected chi connectivity index (χ2v) is 34.8. The summed E-state index contributed by atoms with van der Waals surface area (Å²) < 4.78 is 73.4. The second kappa shape index (κ2) is 68.4. The summed E-state index contributed by atoms with van der Waals surface area (Å²) in [6, 6.07) is 0. The predicted molar refractivity (Wildman–Crippen MR) is 449 cm³/mol. The standard InChI is InChI=1S/C90H165O25P/c1-6-10-14-18-22-25-28-31-32-35-38-41-44-52-58-64-76(95)112-85-81(100)82(101)86(113-89-83(102)79(98)77(96)71(65-91)110-89)88(87(85)114-90-84(103)80(99)78(97)72(111-90)68-107-74(93)62-56-50-46-45-48-54-60-69(5)59-53-47-21-17-13-9-4)115-116(104,105)108-67-70(109-75(94)63-57-51-43-40-37-34-30-27-24-20-16-12-8-3)66-106-73(92)61-55-49-42-39-36-33-29-26-23-19-15-11-7-2/h25,28,33,36,69-72,77-91,96-103H,6-24,26-27,29-32,34-35,37-68H2,1-5H3,(H,104,105)/b28-25-,36-33-. The SMILES string of the molecule is CCCCCC/C=C\CCCCCCCCCC(=O)OC1C(O)C(O)C(OC2OC(CO)C(O)C(O)C2O)C(OP(=O)(O)OCC(COC(=O)CCCCC/C=C\CCCCCCCC)OC(=O)CCCCCCCCCCCCCCC)C1OC1OC(COC(=O)CCCCCCCCC(C)CCCCCCCC)C(O)C(O)C1O. The number of aliphatic hydroxyl groups excluding tert-OH is 9. The molecule has 0 amide bonds. The lowest BCUT2D eigenvalue weighted by Gasteiger charge is -2.50. The van der Waals surface area contributed by atoms with E-state index >= 15 is 0 Å². The number of esters is 4. The van der Waals surface area contributed by atoms with Gasteiger partial charge in [0.25, 0.3) is 0 Å². The van der Waals surface area contributed by atoms with E-state index in [0.717, 1.165) is 141 Å². The summed E-state index contributed by atoms with van der Waals surface area (Å²) in [6.45, 7) is 7.88. The Morgan fingerprint density at radius 1 is 0.362 bits per heavy atom. The van der Waals surface area contributed by atoms with Crippen molar-refractivity contribution in [1.29, 1.82) is 0 Å². The van der Waals surface area contributed by atoms with Crippen molar-refractivity contribution in [1.82, 2.24) is 0 Å². The minimum atomic E-state index is -5.81. The van der Waals surface area contributed by atoms with Gasteiger partial charge in [-0.1, -0.05) is 309 Å². The smallest absolute Gasteiger partial charge is 0.463 e. The van der Waals surface area contributed by atoms with Crippen LogP contribution >= 0.6 is 7.82 Å². The molecule has 10 N–H and O–H groups in total. The Labute approximate surface area is 698 Å². The number of carbonyl (C=O) groups is 4. The van der Waals surface area contributed by atoms with Crippen LogP contribution in [-0.4, -0.2) is 205 Å². The van der Waals surface area contributed by atoms with Gasteiger partial charge >= 0.3 is 31.7 Å². The largest absolute Gasteiger partial charge is 0.472 e. The molecular formula is C90H165O25P. The molecule has 26 heteroatoms. The molecule has 680 valence electrons. The van der Waals surface area contributed by atoms with Crippen LogP contribution in [0.3, 0.4) is 0 Å². The molecule has 19 atom stereocenters. The van der Waals surface area contributed by atoms with Gasteiger partial charge in [0.05, 0.1) is 13.2 Å². The zero-order chi connectivity index (χ0) is 84.8. The van der Waals surface area contributed by atoms with Crippen molar-refractivity contribution in [3.8, 4) is 0 Å². The predicted octanol–water partition coefficient (Wildman–Crippen LogP) is 16.8. The van der Waals surface area contributed by atoms with Crippen LogP contribution in [0.4, 0.5) is 0 Å². The molecule has 0 aromatic rings. The third kappa shape index (κ3) is 48.7. The van der Waals surface area contributed by atoms with Crippen LogP contribution in [0, 0.1) is 5.92 Å². The Morgan fingerprint density at radius 2 is 0.698 bits per heavy atom. The number of ether oxygens (including phenoxy) is 8. The Balaban J connectivity index is 1.93. The molecule has 2 heterocycles. The molecule has 116 heavy (non-hydrogen) atoms. The molecule has 19 unspecified atom stereocenters. The van der Waals surface area contributed by atoms with Crippen molar-refractivity contribution in [3.05, 3.63) is 24.3 Å². The van der Waals surface area contributed by atoms with E-state index in [1.54, 1.807) is 0 Å². The van der Waals surface area contributed by atoms with Gasteiger partial charge in [0, 0.05) is 25.7 Å². The number of unbranched alkanes of at least 4 members (excludes halogenated alkanes) is 42. The molecule has 2 aliphatic heterocycles.